The first-order valence-electron chi connectivity index (χ1n) is 6.55. The molecule has 0 aromatic heterocycles. The van der Waals surface area contributed by atoms with E-state index >= 15 is 0 Å². The zero-order valence-electron chi connectivity index (χ0n) is 10.9. The van der Waals surface area contributed by atoms with Crippen molar-refractivity contribution < 1.29 is 9.53 Å². The maximum atomic E-state index is 11.5. The summed E-state index contributed by atoms with van der Waals surface area (Å²) in [7, 11) is 1.47. The molecule has 0 amide bonds. The number of hydrogen-bond acceptors (Lipinski definition) is 3. The second kappa shape index (κ2) is 6.89. The van der Waals surface area contributed by atoms with Gasteiger partial charge in [-0.1, -0.05) is 26.7 Å². The number of hydrogen-bond donors (Lipinski definition) is 0. The summed E-state index contributed by atoms with van der Waals surface area (Å²) in [6.45, 7) is 4.87. The van der Waals surface area contributed by atoms with Gasteiger partial charge in [-0.15, -0.1) is 0 Å². The van der Waals surface area contributed by atoms with Crippen molar-refractivity contribution in [3.05, 3.63) is 0 Å². The molecule has 0 spiro atoms. The van der Waals surface area contributed by atoms with Crippen molar-refractivity contribution in [2.24, 2.45) is 0 Å². The highest BCUT2D eigenvalue weighted by atomic mass is 16.5. The molecule has 1 saturated carbocycles. The molecule has 1 rings (SSSR count). The lowest BCUT2D eigenvalue weighted by molar-refractivity contribution is -0.143. The smallest absolute Gasteiger partial charge is 0.319 e. The Bertz CT molecular complexity index is 206. The monoisotopic (exact) mass is 227 g/mol. The van der Waals surface area contributed by atoms with Crippen molar-refractivity contribution >= 4 is 5.97 Å². The average molecular weight is 227 g/mol. The van der Waals surface area contributed by atoms with E-state index in [1.807, 2.05) is 0 Å². The standard InChI is InChI=1S/C13H25NO2/c1-4-11(5-2)14(10-13(15)16-3)12-8-6-7-9-12/h11-12H,4-10H2,1-3H3. The van der Waals surface area contributed by atoms with Crippen LogP contribution in [0.1, 0.15) is 52.4 Å². The van der Waals surface area contributed by atoms with E-state index in [4.69, 9.17) is 4.74 Å². The predicted molar refractivity (Wildman–Crippen MR) is 65.3 cm³/mol. The lowest BCUT2D eigenvalue weighted by Crippen LogP contribution is -2.44. The summed E-state index contributed by atoms with van der Waals surface area (Å²) >= 11 is 0. The molecule has 3 nitrogen and oxygen atoms in total. The molecule has 16 heavy (non-hydrogen) atoms. The molecule has 0 aromatic rings. The Morgan fingerprint density at radius 1 is 1.31 bits per heavy atom. The zero-order chi connectivity index (χ0) is 12.0. The van der Waals surface area contributed by atoms with Crippen molar-refractivity contribution in [1.82, 2.24) is 4.90 Å². The van der Waals surface area contributed by atoms with Crippen LogP contribution in [0.4, 0.5) is 0 Å². The van der Waals surface area contributed by atoms with Crippen LogP contribution in [-0.2, 0) is 9.53 Å². The van der Waals surface area contributed by atoms with Crippen LogP contribution in [0.3, 0.4) is 0 Å². The molecule has 0 radical (unpaired) electrons. The molecule has 0 heterocycles. The minimum absolute atomic E-state index is 0.0983. The van der Waals surface area contributed by atoms with Gasteiger partial charge >= 0.3 is 5.97 Å². The van der Waals surface area contributed by atoms with Gasteiger partial charge in [0, 0.05) is 12.1 Å². The Kier molecular flexibility index (Phi) is 5.81. The topological polar surface area (TPSA) is 29.5 Å². The van der Waals surface area contributed by atoms with Gasteiger partial charge in [-0.05, 0) is 25.7 Å². The fraction of sp³-hybridized carbons (Fsp3) is 0.923. The van der Waals surface area contributed by atoms with Crippen molar-refractivity contribution in [2.45, 2.75) is 64.5 Å². The minimum atomic E-state index is -0.0983. The van der Waals surface area contributed by atoms with E-state index in [0.29, 0.717) is 18.6 Å². The van der Waals surface area contributed by atoms with Crippen molar-refractivity contribution in [2.75, 3.05) is 13.7 Å². The molecule has 3 heteroatoms. The first-order valence-corrected chi connectivity index (χ1v) is 6.55. The normalized spacial score (nSPS) is 17.3. The second-order valence-electron chi connectivity index (χ2n) is 4.66. The third kappa shape index (κ3) is 3.48. The summed E-state index contributed by atoms with van der Waals surface area (Å²) in [6.07, 6.45) is 7.33. The van der Waals surface area contributed by atoms with E-state index in [2.05, 4.69) is 18.7 Å². The minimum Gasteiger partial charge on any atom is -0.468 e. The number of ether oxygens (including phenoxy) is 1. The first-order chi connectivity index (χ1) is 7.72. The van der Waals surface area contributed by atoms with Crippen molar-refractivity contribution in [3.8, 4) is 0 Å². The Labute approximate surface area is 99.1 Å². The Balaban J connectivity index is 2.62. The van der Waals surface area contributed by atoms with Gasteiger partial charge in [-0.25, -0.2) is 0 Å². The van der Waals surface area contributed by atoms with Gasteiger partial charge in [0.1, 0.15) is 0 Å². The van der Waals surface area contributed by atoms with Crippen molar-refractivity contribution in [3.63, 3.8) is 0 Å². The largest absolute Gasteiger partial charge is 0.468 e. The number of carbonyl (C=O) groups excluding carboxylic acids is 1. The summed E-state index contributed by atoms with van der Waals surface area (Å²) in [5.74, 6) is -0.0983. The summed E-state index contributed by atoms with van der Waals surface area (Å²) in [5.41, 5.74) is 0. The van der Waals surface area contributed by atoms with E-state index in [1.165, 1.54) is 32.8 Å². The van der Waals surface area contributed by atoms with Crippen LogP contribution in [-0.4, -0.2) is 36.6 Å². The molecule has 1 fully saturated rings. The Morgan fingerprint density at radius 3 is 2.31 bits per heavy atom. The van der Waals surface area contributed by atoms with Gasteiger partial charge in [0.05, 0.1) is 13.7 Å². The summed E-state index contributed by atoms with van der Waals surface area (Å²) < 4.78 is 4.80. The molecule has 0 N–H and O–H groups in total. The third-order valence-electron chi connectivity index (χ3n) is 3.74. The molecule has 0 saturated heterocycles. The second-order valence-corrected chi connectivity index (χ2v) is 4.66. The summed E-state index contributed by atoms with van der Waals surface area (Å²) in [6, 6.07) is 1.13. The number of methoxy groups -OCH3 is 1. The van der Waals surface area contributed by atoms with Crippen LogP contribution >= 0.6 is 0 Å². The van der Waals surface area contributed by atoms with Crippen LogP contribution in [0, 0.1) is 0 Å². The third-order valence-corrected chi connectivity index (χ3v) is 3.74. The Morgan fingerprint density at radius 2 is 1.88 bits per heavy atom. The van der Waals surface area contributed by atoms with Crippen LogP contribution in [0.2, 0.25) is 0 Å². The first kappa shape index (κ1) is 13.5. The van der Waals surface area contributed by atoms with Gasteiger partial charge in [-0.2, -0.15) is 0 Å². The molecular weight excluding hydrogens is 202 g/mol. The highest BCUT2D eigenvalue weighted by Gasteiger charge is 2.28. The number of rotatable bonds is 6. The molecule has 0 bridgehead atoms. The maximum Gasteiger partial charge on any atom is 0.319 e. The van der Waals surface area contributed by atoms with Gasteiger partial charge in [0.2, 0.25) is 0 Å². The maximum absolute atomic E-state index is 11.5. The zero-order valence-corrected chi connectivity index (χ0v) is 10.9. The Hall–Kier alpha value is -0.570. The molecule has 0 aromatic carbocycles. The van der Waals surface area contributed by atoms with Gasteiger partial charge in [-0.3, -0.25) is 9.69 Å². The number of nitrogens with zero attached hydrogens (tertiary/aromatic N) is 1. The van der Waals surface area contributed by atoms with E-state index in [0.717, 1.165) is 12.8 Å². The van der Waals surface area contributed by atoms with E-state index in [-0.39, 0.29) is 5.97 Å². The molecule has 94 valence electrons. The molecule has 0 unspecified atom stereocenters. The molecule has 0 aliphatic heterocycles. The summed E-state index contributed by atoms with van der Waals surface area (Å²) in [5, 5.41) is 0. The number of carbonyl (C=O) groups is 1. The van der Waals surface area contributed by atoms with Gasteiger partial charge in [0.15, 0.2) is 0 Å². The predicted octanol–water partition coefficient (Wildman–Crippen LogP) is 2.59. The highest BCUT2D eigenvalue weighted by Crippen LogP contribution is 2.26. The SMILES string of the molecule is CCC(CC)N(CC(=O)OC)C1CCCC1. The van der Waals surface area contributed by atoms with Crippen LogP contribution in [0.25, 0.3) is 0 Å². The highest BCUT2D eigenvalue weighted by molar-refractivity contribution is 5.71. The van der Waals surface area contributed by atoms with Crippen LogP contribution < -0.4 is 0 Å². The van der Waals surface area contributed by atoms with Crippen LogP contribution in [0.5, 0.6) is 0 Å². The number of esters is 1. The lowest BCUT2D eigenvalue weighted by Gasteiger charge is -2.34. The van der Waals surface area contributed by atoms with Crippen molar-refractivity contribution in [1.29, 1.82) is 0 Å². The van der Waals surface area contributed by atoms with E-state index in [9.17, 15) is 4.79 Å². The lowest BCUT2D eigenvalue weighted by atomic mass is 10.1. The van der Waals surface area contributed by atoms with Crippen LogP contribution in [0.15, 0.2) is 0 Å². The fourth-order valence-electron chi connectivity index (χ4n) is 2.76. The van der Waals surface area contributed by atoms with E-state index < -0.39 is 0 Å². The van der Waals surface area contributed by atoms with E-state index in [1.54, 1.807) is 0 Å². The van der Waals surface area contributed by atoms with Gasteiger partial charge < -0.3 is 4.74 Å². The molecule has 0 atom stereocenters. The summed E-state index contributed by atoms with van der Waals surface area (Å²) in [4.78, 5) is 13.8. The quantitative estimate of drug-likeness (QED) is 0.653. The molecule has 1 aliphatic rings. The average Bonchev–Trinajstić information content (AvgIpc) is 2.82. The molecule has 1 aliphatic carbocycles. The molecular formula is C13H25NO2. The fourth-order valence-corrected chi connectivity index (χ4v) is 2.76. The van der Waals surface area contributed by atoms with Gasteiger partial charge in [0.25, 0.3) is 0 Å².